The summed E-state index contributed by atoms with van der Waals surface area (Å²) in [5.41, 5.74) is -3.76. The third-order valence-electron chi connectivity index (χ3n) is 6.20. The molecule has 0 spiro atoms. The maximum absolute atomic E-state index is 13.3. The first-order valence-electron chi connectivity index (χ1n) is 10.6. The van der Waals surface area contributed by atoms with Gasteiger partial charge in [0.2, 0.25) is 5.91 Å². The lowest BCUT2D eigenvalue weighted by Gasteiger charge is -2.43. The standard InChI is InChI=1S/C23H21F6N3O3/c1-12(13-7-15(22(24,25)26)9-16(8-13)23(27,28)29)35-11-21(14-5-3-2-4-6-14)10-17-18(19(33)32-21)31-20(34)30-17/h2-9,12,17-18H,10-11H2,1H3,(H,32,33)(H2,30,31,34)/t12-,17?,18?,21?/m1/s1. The van der Waals surface area contributed by atoms with Crippen LogP contribution in [-0.4, -0.2) is 30.6 Å². The van der Waals surface area contributed by atoms with Gasteiger partial charge in [0.05, 0.1) is 35.4 Å². The van der Waals surface area contributed by atoms with Crippen LogP contribution in [0.3, 0.4) is 0 Å². The van der Waals surface area contributed by atoms with Gasteiger partial charge in [0, 0.05) is 0 Å². The van der Waals surface area contributed by atoms with E-state index in [1.165, 1.54) is 6.92 Å². The molecule has 0 bridgehead atoms. The van der Waals surface area contributed by atoms with E-state index in [0.29, 0.717) is 17.7 Å². The molecule has 0 aromatic heterocycles. The maximum atomic E-state index is 13.3. The summed E-state index contributed by atoms with van der Waals surface area (Å²) in [6, 6.07) is 7.98. The van der Waals surface area contributed by atoms with Crippen LogP contribution >= 0.6 is 0 Å². The van der Waals surface area contributed by atoms with Crippen LogP contribution in [0.2, 0.25) is 0 Å². The van der Waals surface area contributed by atoms with Crippen LogP contribution in [0, 0.1) is 0 Å². The minimum atomic E-state index is -4.99. The van der Waals surface area contributed by atoms with Gasteiger partial charge in [-0.15, -0.1) is 0 Å². The van der Waals surface area contributed by atoms with Gasteiger partial charge in [-0.05, 0) is 42.7 Å². The first-order valence-corrected chi connectivity index (χ1v) is 10.6. The summed E-state index contributed by atoms with van der Waals surface area (Å²) in [5, 5.41) is 8.01. The number of alkyl halides is 6. The molecule has 3 N–H and O–H groups in total. The van der Waals surface area contributed by atoms with Crippen LogP contribution in [0.5, 0.6) is 0 Å². The third kappa shape index (κ3) is 5.07. The van der Waals surface area contributed by atoms with Crippen LogP contribution in [0.15, 0.2) is 48.5 Å². The van der Waals surface area contributed by atoms with E-state index < -0.39 is 59.1 Å². The predicted molar refractivity (Wildman–Crippen MR) is 111 cm³/mol. The van der Waals surface area contributed by atoms with Crippen molar-refractivity contribution in [3.63, 3.8) is 0 Å². The van der Waals surface area contributed by atoms with Crippen LogP contribution in [0.25, 0.3) is 0 Å². The number of halogens is 6. The van der Waals surface area contributed by atoms with E-state index in [-0.39, 0.29) is 24.7 Å². The van der Waals surface area contributed by atoms with Crippen LogP contribution in [-0.2, 0) is 27.4 Å². The van der Waals surface area contributed by atoms with Crippen LogP contribution in [0.4, 0.5) is 31.1 Å². The molecule has 4 atom stereocenters. The summed E-state index contributed by atoms with van der Waals surface area (Å²) < 4.78 is 85.4. The molecule has 188 valence electrons. The van der Waals surface area contributed by atoms with E-state index in [4.69, 9.17) is 4.74 Å². The monoisotopic (exact) mass is 501 g/mol. The van der Waals surface area contributed by atoms with Gasteiger partial charge in [-0.2, -0.15) is 26.3 Å². The summed E-state index contributed by atoms with van der Waals surface area (Å²) in [5.74, 6) is -0.488. The number of amides is 3. The Morgan fingerprint density at radius 2 is 1.57 bits per heavy atom. The molecule has 4 rings (SSSR count). The lowest BCUT2D eigenvalue weighted by Crippen LogP contribution is -2.64. The Labute approximate surface area is 196 Å². The van der Waals surface area contributed by atoms with Gasteiger partial charge < -0.3 is 20.7 Å². The number of nitrogens with one attached hydrogen (secondary N) is 3. The molecule has 3 unspecified atom stereocenters. The largest absolute Gasteiger partial charge is 0.416 e. The lowest BCUT2D eigenvalue weighted by molar-refractivity contribution is -0.143. The number of hydrogen-bond acceptors (Lipinski definition) is 3. The fraction of sp³-hybridized carbons (Fsp3) is 0.391. The Hall–Kier alpha value is -3.28. The van der Waals surface area contributed by atoms with E-state index in [1.54, 1.807) is 30.3 Å². The van der Waals surface area contributed by atoms with Crippen molar-refractivity contribution in [1.29, 1.82) is 0 Å². The van der Waals surface area contributed by atoms with Crippen molar-refractivity contribution >= 4 is 11.9 Å². The van der Waals surface area contributed by atoms with E-state index in [0.717, 1.165) is 0 Å². The molecule has 6 nitrogen and oxygen atoms in total. The van der Waals surface area contributed by atoms with Gasteiger partial charge in [0.15, 0.2) is 0 Å². The predicted octanol–water partition coefficient (Wildman–Crippen LogP) is 4.27. The molecule has 2 saturated heterocycles. The second kappa shape index (κ2) is 8.74. The van der Waals surface area contributed by atoms with Crippen LogP contribution < -0.4 is 16.0 Å². The molecule has 0 saturated carbocycles. The second-order valence-corrected chi connectivity index (χ2v) is 8.64. The van der Waals surface area contributed by atoms with Gasteiger partial charge in [-0.3, -0.25) is 4.79 Å². The van der Waals surface area contributed by atoms with E-state index in [1.807, 2.05) is 0 Å². The summed E-state index contributed by atoms with van der Waals surface area (Å²) in [4.78, 5) is 24.5. The van der Waals surface area contributed by atoms with E-state index >= 15 is 0 Å². The Balaban J connectivity index is 1.64. The molecule has 2 heterocycles. The first kappa shape index (κ1) is 24.8. The fourth-order valence-electron chi connectivity index (χ4n) is 4.40. The van der Waals surface area contributed by atoms with Crippen molar-refractivity contribution in [2.24, 2.45) is 0 Å². The fourth-order valence-corrected chi connectivity index (χ4v) is 4.40. The van der Waals surface area contributed by atoms with Crippen molar-refractivity contribution in [3.05, 3.63) is 70.8 Å². The molecule has 0 aliphatic carbocycles. The average molecular weight is 501 g/mol. The van der Waals surface area contributed by atoms with Crippen molar-refractivity contribution in [1.82, 2.24) is 16.0 Å². The van der Waals surface area contributed by atoms with Gasteiger partial charge in [0.25, 0.3) is 0 Å². The zero-order valence-electron chi connectivity index (χ0n) is 18.3. The number of carbonyl (C=O) groups excluding carboxylic acids is 2. The number of hydrogen-bond donors (Lipinski definition) is 3. The molecule has 3 amide bonds. The Kier molecular flexibility index (Phi) is 6.20. The normalized spacial score (nSPS) is 25.3. The Morgan fingerprint density at radius 1 is 0.971 bits per heavy atom. The highest BCUT2D eigenvalue weighted by molar-refractivity contribution is 5.92. The number of fused-ring (bicyclic) bond motifs is 1. The van der Waals surface area contributed by atoms with E-state index in [9.17, 15) is 35.9 Å². The van der Waals surface area contributed by atoms with Gasteiger partial charge in [-0.1, -0.05) is 30.3 Å². The first-order chi connectivity index (χ1) is 16.3. The quantitative estimate of drug-likeness (QED) is 0.536. The molecular weight excluding hydrogens is 480 g/mol. The SMILES string of the molecule is C[C@@H](OCC1(c2ccccc2)CC2NC(=O)NC2C(=O)N1)c1cc(C(F)(F)F)cc(C(F)(F)F)c1. The number of piperidine rings is 1. The Morgan fingerprint density at radius 3 is 2.14 bits per heavy atom. The van der Waals surface area contributed by atoms with Gasteiger partial charge in [0.1, 0.15) is 6.04 Å². The molecule has 12 heteroatoms. The number of rotatable bonds is 5. The minimum absolute atomic E-state index is 0.0545. The lowest BCUT2D eigenvalue weighted by atomic mass is 9.79. The zero-order chi connectivity index (χ0) is 25.6. The van der Waals surface area contributed by atoms with Gasteiger partial charge >= 0.3 is 18.4 Å². The molecule has 2 aromatic rings. The summed E-state index contributed by atoms with van der Waals surface area (Å²) in [6.45, 7) is 1.07. The van der Waals surface area contributed by atoms with Crippen molar-refractivity contribution in [3.8, 4) is 0 Å². The number of benzene rings is 2. The third-order valence-corrected chi connectivity index (χ3v) is 6.20. The zero-order valence-corrected chi connectivity index (χ0v) is 18.3. The van der Waals surface area contributed by atoms with Crippen molar-refractivity contribution in [2.45, 2.75) is 49.4 Å². The second-order valence-electron chi connectivity index (χ2n) is 8.64. The van der Waals surface area contributed by atoms with Gasteiger partial charge in [-0.25, -0.2) is 4.79 Å². The van der Waals surface area contributed by atoms with Crippen molar-refractivity contribution < 1.29 is 40.7 Å². The summed E-state index contributed by atoms with van der Waals surface area (Å²) >= 11 is 0. The summed E-state index contributed by atoms with van der Waals surface area (Å²) in [6.07, 6.45) is -11.0. The molecule has 2 fully saturated rings. The molecular formula is C23H21F6N3O3. The number of carbonyl (C=O) groups is 2. The molecule has 2 aromatic carbocycles. The average Bonchev–Trinajstić information content (AvgIpc) is 3.17. The highest BCUT2D eigenvalue weighted by atomic mass is 19.4. The topological polar surface area (TPSA) is 79.5 Å². The molecule has 0 radical (unpaired) electrons. The van der Waals surface area contributed by atoms with Crippen LogP contribution in [0.1, 0.15) is 41.7 Å². The minimum Gasteiger partial charge on any atom is -0.371 e. The summed E-state index contributed by atoms with van der Waals surface area (Å²) in [7, 11) is 0. The smallest absolute Gasteiger partial charge is 0.371 e. The Bertz CT molecular complexity index is 1090. The highest BCUT2D eigenvalue weighted by Crippen LogP contribution is 2.39. The highest BCUT2D eigenvalue weighted by Gasteiger charge is 2.50. The number of urea groups is 1. The van der Waals surface area contributed by atoms with Crippen molar-refractivity contribution in [2.75, 3.05) is 6.61 Å². The maximum Gasteiger partial charge on any atom is 0.416 e. The van der Waals surface area contributed by atoms with E-state index in [2.05, 4.69) is 16.0 Å². The molecule has 35 heavy (non-hydrogen) atoms. The molecule has 2 aliphatic rings. The number of ether oxygens (including phenoxy) is 1. The molecule has 2 aliphatic heterocycles.